The van der Waals surface area contributed by atoms with Gasteiger partial charge in [0.1, 0.15) is 0 Å². The second kappa shape index (κ2) is 3.88. The van der Waals surface area contributed by atoms with E-state index >= 15 is 0 Å². The minimum absolute atomic E-state index is 0.0278. The van der Waals surface area contributed by atoms with E-state index in [1.807, 2.05) is 5.92 Å². The average Bonchev–Trinajstić information content (AvgIpc) is 1.87. The van der Waals surface area contributed by atoms with Gasteiger partial charge in [-0.3, -0.25) is 4.79 Å². The molecule has 2 nitrogen and oxygen atoms in total. The first-order valence-electron chi connectivity index (χ1n) is 2.50. The van der Waals surface area contributed by atoms with Gasteiger partial charge in [-0.15, -0.1) is 13.0 Å². The quantitative estimate of drug-likeness (QED) is 0.330. The molecule has 0 amide bonds. The maximum Gasteiger partial charge on any atom is 0.208 e. The van der Waals surface area contributed by atoms with Crippen molar-refractivity contribution in [1.82, 2.24) is 0 Å². The number of terminal acetylenes is 1. The first kappa shape index (κ1) is 7.93. The molecule has 0 radical (unpaired) electrons. The summed E-state index contributed by atoms with van der Waals surface area (Å²) >= 11 is 0. The highest BCUT2D eigenvalue weighted by Crippen LogP contribution is 1.91. The summed E-state index contributed by atoms with van der Waals surface area (Å²) in [7, 11) is 0. The lowest BCUT2D eigenvalue weighted by molar-refractivity contribution is -0.115. The van der Waals surface area contributed by atoms with Gasteiger partial charge in [0.05, 0.1) is 6.10 Å². The molecule has 0 fully saturated rings. The molecule has 0 aromatic heterocycles. The molecule has 0 rings (SSSR count). The lowest BCUT2D eigenvalue weighted by atomic mass is 10.2. The summed E-state index contributed by atoms with van der Waals surface area (Å²) < 4.78 is 0. The van der Waals surface area contributed by atoms with Crippen molar-refractivity contribution < 1.29 is 9.90 Å². The van der Waals surface area contributed by atoms with Gasteiger partial charge in [-0.05, 0) is 5.92 Å². The van der Waals surface area contributed by atoms with Crippen molar-refractivity contribution in [2.75, 3.05) is 0 Å². The lowest BCUT2D eigenvalue weighted by Gasteiger charge is -1.97. The fourth-order valence-corrected chi connectivity index (χ4v) is 0.332. The summed E-state index contributed by atoms with van der Waals surface area (Å²) in [6.07, 6.45) is 5.18. The minimum atomic E-state index is -0.798. The Balaban J connectivity index is 3.62. The Morgan fingerprint density at radius 3 is 2.89 bits per heavy atom. The van der Waals surface area contributed by atoms with Crippen LogP contribution < -0.4 is 0 Å². The molecule has 1 N–H and O–H groups in total. The Morgan fingerprint density at radius 1 is 2.00 bits per heavy atom. The molecule has 2 heteroatoms. The molecule has 0 aliphatic carbocycles. The number of carbonyl (C=O) groups is 1. The van der Waals surface area contributed by atoms with E-state index in [9.17, 15) is 4.79 Å². The van der Waals surface area contributed by atoms with Crippen molar-refractivity contribution in [2.24, 2.45) is 0 Å². The Hall–Kier alpha value is -1.07. The number of rotatable bonds is 3. The molecule has 9 heavy (non-hydrogen) atoms. The molecular weight excluding hydrogens is 116 g/mol. The van der Waals surface area contributed by atoms with E-state index in [0.717, 1.165) is 0 Å². The third-order valence-corrected chi connectivity index (χ3v) is 0.828. The SMILES string of the molecule is C#CC(=O)CC(O)C=C. The van der Waals surface area contributed by atoms with Crippen molar-refractivity contribution in [3.05, 3.63) is 12.7 Å². The average molecular weight is 124 g/mol. The molecule has 0 aliphatic heterocycles. The van der Waals surface area contributed by atoms with Crippen LogP contribution in [0.5, 0.6) is 0 Å². The molecule has 0 aromatic carbocycles. The second-order valence-electron chi connectivity index (χ2n) is 1.57. The summed E-state index contributed by atoms with van der Waals surface area (Å²) in [5.74, 6) is 1.48. The number of hydrogen-bond donors (Lipinski definition) is 1. The number of hydrogen-bond acceptors (Lipinski definition) is 2. The predicted molar refractivity (Wildman–Crippen MR) is 34.7 cm³/mol. The highest BCUT2D eigenvalue weighted by molar-refractivity contribution is 5.95. The molecule has 0 heterocycles. The number of aliphatic hydroxyl groups excluding tert-OH is 1. The van der Waals surface area contributed by atoms with Gasteiger partial charge in [0, 0.05) is 6.42 Å². The molecule has 1 unspecified atom stereocenters. The van der Waals surface area contributed by atoms with Crippen LogP contribution in [0.1, 0.15) is 6.42 Å². The molecule has 0 saturated carbocycles. The molecule has 1 atom stereocenters. The molecule has 0 aliphatic rings. The minimum Gasteiger partial charge on any atom is -0.389 e. The molecular formula is C7H8O2. The fourth-order valence-electron chi connectivity index (χ4n) is 0.332. The maximum absolute atomic E-state index is 10.3. The molecule has 0 spiro atoms. The first-order valence-corrected chi connectivity index (χ1v) is 2.50. The van der Waals surface area contributed by atoms with Gasteiger partial charge in [-0.25, -0.2) is 0 Å². The number of carbonyl (C=O) groups excluding carboxylic acids is 1. The van der Waals surface area contributed by atoms with E-state index in [0.29, 0.717) is 0 Å². The summed E-state index contributed by atoms with van der Waals surface area (Å²) in [5, 5.41) is 8.73. The monoisotopic (exact) mass is 124 g/mol. The van der Waals surface area contributed by atoms with Gasteiger partial charge < -0.3 is 5.11 Å². The smallest absolute Gasteiger partial charge is 0.208 e. The summed E-state index contributed by atoms with van der Waals surface area (Å²) in [6.45, 7) is 3.28. The highest BCUT2D eigenvalue weighted by atomic mass is 16.3. The van der Waals surface area contributed by atoms with Crippen LogP contribution in [0.15, 0.2) is 12.7 Å². The predicted octanol–water partition coefficient (Wildman–Crippen LogP) is 0.126. The molecule has 0 bridgehead atoms. The van der Waals surface area contributed by atoms with Crippen LogP contribution in [-0.2, 0) is 4.79 Å². The van der Waals surface area contributed by atoms with Gasteiger partial charge >= 0.3 is 0 Å². The highest BCUT2D eigenvalue weighted by Gasteiger charge is 2.02. The lowest BCUT2D eigenvalue weighted by Crippen LogP contribution is -2.07. The summed E-state index contributed by atoms with van der Waals surface area (Å²) in [4.78, 5) is 10.3. The normalized spacial score (nSPS) is 11.6. The third kappa shape index (κ3) is 3.51. The van der Waals surface area contributed by atoms with Crippen LogP contribution in [0.4, 0.5) is 0 Å². The van der Waals surface area contributed by atoms with Crippen LogP contribution in [0.25, 0.3) is 0 Å². The maximum atomic E-state index is 10.3. The standard InChI is InChI=1S/C7H8O2/c1-3-6(8)5-7(9)4-2/h1,4,7,9H,2,5H2. The second-order valence-corrected chi connectivity index (χ2v) is 1.57. The molecule has 48 valence electrons. The largest absolute Gasteiger partial charge is 0.389 e. The van der Waals surface area contributed by atoms with Crippen LogP contribution >= 0.6 is 0 Å². The number of Topliss-reactive ketones (excluding diaryl/α,β-unsaturated/α-hetero) is 1. The fraction of sp³-hybridized carbons (Fsp3) is 0.286. The van der Waals surface area contributed by atoms with Gasteiger partial charge in [-0.2, -0.15) is 0 Å². The zero-order valence-electron chi connectivity index (χ0n) is 5.00. The van der Waals surface area contributed by atoms with Gasteiger partial charge in [0.15, 0.2) is 0 Å². The van der Waals surface area contributed by atoms with E-state index in [1.165, 1.54) is 6.08 Å². The van der Waals surface area contributed by atoms with Crippen molar-refractivity contribution in [2.45, 2.75) is 12.5 Å². The Bertz CT molecular complexity index is 153. The van der Waals surface area contributed by atoms with E-state index in [4.69, 9.17) is 11.5 Å². The van der Waals surface area contributed by atoms with Crippen LogP contribution in [0.2, 0.25) is 0 Å². The van der Waals surface area contributed by atoms with Crippen molar-refractivity contribution in [3.63, 3.8) is 0 Å². The van der Waals surface area contributed by atoms with Gasteiger partial charge in [-0.1, -0.05) is 6.08 Å². The van der Waals surface area contributed by atoms with E-state index in [1.54, 1.807) is 0 Å². The van der Waals surface area contributed by atoms with Gasteiger partial charge in [0.2, 0.25) is 5.78 Å². The van der Waals surface area contributed by atoms with Crippen molar-refractivity contribution in [3.8, 4) is 12.3 Å². The zero-order valence-corrected chi connectivity index (χ0v) is 5.00. The Morgan fingerprint density at radius 2 is 2.56 bits per heavy atom. The van der Waals surface area contributed by atoms with E-state index in [-0.39, 0.29) is 6.42 Å². The first-order chi connectivity index (χ1) is 4.20. The third-order valence-electron chi connectivity index (χ3n) is 0.828. The number of aliphatic hydroxyl groups is 1. The van der Waals surface area contributed by atoms with E-state index in [2.05, 4.69) is 6.58 Å². The van der Waals surface area contributed by atoms with Crippen molar-refractivity contribution >= 4 is 5.78 Å². The molecule has 0 aromatic rings. The summed E-state index contributed by atoms with van der Waals surface area (Å²) in [6, 6.07) is 0. The number of ketones is 1. The summed E-state index contributed by atoms with van der Waals surface area (Å²) in [5.41, 5.74) is 0. The zero-order chi connectivity index (χ0) is 7.28. The Kier molecular flexibility index (Phi) is 3.41. The van der Waals surface area contributed by atoms with Crippen molar-refractivity contribution in [1.29, 1.82) is 0 Å². The van der Waals surface area contributed by atoms with Crippen LogP contribution in [0, 0.1) is 12.3 Å². The van der Waals surface area contributed by atoms with Gasteiger partial charge in [0.25, 0.3) is 0 Å². The topological polar surface area (TPSA) is 37.3 Å². The van der Waals surface area contributed by atoms with E-state index < -0.39 is 11.9 Å². The Labute approximate surface area is 54.2 Å². The van der Waals surface area contributed by atoms with Crippen LogP contribution in [-0.4, -0.2) is 17.0 Å². The van der Waals surface area contributed by atoms with Crippen LogP contribution in [0.3, 0.4) is 0 Å². The molecule has 0 saturated heterocycles.